The highest BCUT2D eigenvalue weighted by atomic mass is 32.1. The van der Waals surface area contributed by atoms with Gasteiger partial charge in [-0.25, -0.2) is 0 Å². The normalized spacial score (nSPS) is 12.1. The molecule has 0 atom stereocenters. The number of thiophene rings is 1. The van der Waals surface area contributed by atoms with Crippen LogP contribution in [0.1, 0.15) is 0 Å². The summed E-state index contributed by atoms with van der Waals surface area (Å²) in [5.41, 5.74) is 9.55. The second kappa shape index (κ2) is 14.7. The molecule has 0 spiro atoms. The molecule has 3 heterocycles. The minimum atomic E-state index is -2.77. The van der Waals surface area contributed by atoms with Crippen molar-refractivity contribution in [3.8, 4) is 22.5 Å². The molecule has 13 aromatic rings. The summed E-state index contributed by atoms with van der Waals surface area (Å²) >= 11 is 1.88. The van der Waals surface area contributed by atoms with Crippen LogP contribution in [0.4, 0.5) is 0 Å². The largest absolute Gasteiger partial charge is 0.309 e. The molecule has 0 saturated carbocycles. The van der Waals surface area contributed by atoms with Crippen molar-refractivity contribution < 1.29 is 0 Å². The smallest absolute Gasteiger partial charge is 0.179 e. The van der Waals surface area contributed by atoms with Crippen LogP contribution in [0.2, 0.25) is 0 Å². The van der Waals surface area contributed by atoms with Crippen LogP contribution in [0.15, 0.2) is 243 Å². The first-order valence-corrected chi connectivity index (χ1v) is 24.8. The molecule has 13 rings (SSSR count). The molecule has 0 saturated heterocycles. The Morgan fingerprint density at radius 1 is 0.297 bits per heavy atom. The van der Waals surface area contributed by atoms with Crippen LogP contribution in [0, 0.1) is 0 Å². The average molecular weight is 849 g/mol. The molecule has 300 valence electrons. The van der Waals surface area contributed by atoms with Gasteiger partial charge in [-0.2, -0.15) is 0 Å². The first-order valence-electron chi connectivity index (χ1n) is 22.0. The zero-order valence-electron chi connectivity index (χ0n) is 34.9. The number of nitrogens with zero attached hydrogens (tertiary/aromatic N) is 2. The van der Waals surface area contributed by atoms with Crippen LogP contribution in [0.25, 0.3) is 86.3 Å². The van der Waals surface area contributed by atoms with E-state index >= 15 is 0 Å². The van der Waals surface area contributed by atoms with E-state index in [4.69, 9.17) is 0 Å². The third kappa shape index (κ3) is 5.50. The molecular formula is C60H40N2SSi. The first-order chi connectivity index (χ1) is 31.8. The quantitative estimate of drug-likeness (QED) is 0.112. The monoisotopic (exact) mass is 848 g/mol. The van der Waals surface area contributed by atoms with Gasteiger partial charge < -0.3 is 9.13 Å². The maximum Gasteiger partial charge on any atom is 0.179 e. The Labute approximate surface area is 376 Å². The van der Waals surface area contributed by atoms with Gasteiger partial charge in [-0.1, -0.05) is 188 Å². The number of fused-ring (bicyclic) bond motifs is 9. The highest BCUT2D eigenvalue weighted by Gasteiger charge is 2.41. The fourth-order valence-corrected chi connectivity index (χ4v) is 16.7. The molecule has 4 heteroatoms. The summed E-state index contributed by atoms with van der Waals surface area (Å²) in [6, 6.07) is 90.5. The Balaban J connectivity index is 1.04. The van der Waals surface area contributed by atoms with Crippen molar-refractivity contribution in [3.63, 3.8) is 0 Å². The Morgan fingerprint density at radius 3 is 1.52 bits per heavy atom. The van der Waals surface area contributed by atoms with Crippen molar-refractivity contribution in [2.45, 2.75) is 0 Å². The van der Waals surface area contributed by atoms with Gasteiger partial charge in [-0.05, 0) is 86.5 Å². The van der Waals surface area contributed by atoms with Gasteiger partial charge in [-0.15, -0.1) is 11.3 Å². The highest BCUT2D eigenvalue weighted by molar-refractivity contribution is 7.25. The van der Waals surface area contributed by atoms with Crippen LogP contribution in [0.3, 0.4) is 0 Å². The zero-order chi connectivity index (χ0) is 42.2. The second-order valence-electron chi connectivity index (χ2n) is 16.8. The molecule has 3 aromatic heterocycles. The molecular weight excluding hydrogens is 809 g/mol. The molecule has 0 aliphatic rings. The van der Waals surface area contributed by atoms with E-state index in [0.717, 1.165) is 11.4 Å². The number of aromatic nitrogens is 2. The van der Waals surface area contributed by atoms with E-state index in [1.54, 1.807) is 0 Å². The van der Waals surface area contributed by atoms with Gasteiger partial charge in [0.1, 0.15) is 0 Å². The third-order valence-electron chi connectivity index (χ3n) is 13.5. The molecule has 10 aromatic carbocycles. The number of hydrogen-bond acceptors (Lipinski definition) is 1. The summed E-state index contributed by atoms with van der Waals surface area (Å²) < 4.78 is 7.62. The van der Waals surface area contributed by atoms with Crippen molar-refractivity contribution in [3.05, 3.63) is 243 Å². The van der Waals surface area contributed by atoms with Crippen molar-refractivity contribution in [1.29, 1.82) is 0 Å². The highest BCUT2D eigenvalue weighted by Crippen LogP contribution is 2.42. The van der Waals surface area contributed by atoms with Crippen LogP contribution < -0.4 is 20.7 Å². The molecule has 64 heavy (non-hydrogen) atoms. The van der Waals surface area contributed by atoms with E-state index < -0.39 is 8.07 Å². The van der Waals surface area contributed by atoms with E-state index in [0.29, 0.717) is 0 Å². The van der Waals surface area contributed by atoms with E-state index in [-0.39, 0.29) is 0 Å². The summed E-state index contributed by atoms with van der Waals surface area (Å²) in [5, 5.41) is 13.1. The summed E-state index contributed by atoms with van der Waals surface area (Å²) in [6.07, 6.45) is 0. The van der Waals surface area contributed by atoms with Crippen LogP contribution in [-0.2, 0) is 0 Å². The van der Waals surface area contributed by atoms with Gasteiger partial charge in [0.15, 0.2) is 8.07 Å². The zero-order valence-corrected chi connectivity index (χ0v) is 36.7. The first kappa shape index (κ1) is 36.9. The maximum absolute atomic E-state index is 2.77. The Hall–Kier alpha value is -7.76. The van der Waals surface area contributed by atoms with Gasteiger partial charge in [-0.3, -0.25) is 0 Å². The minimum absolute atomic E-state index is 1.14. The minimum Gasteiger partial charge on any atom is -0.309 e. The summed E-state index contributed by atoms with van der Waals surface area (Å²) in [7, 11) is -2.77. The molecule has 0 radical (unpaired) electrons. The molecule has 0 amide bonds. The average Bonchev–Trinajstić information content (AvgIpc) is 4.02. The predicted octanol–water partition coefficient (Wildman–Crippen LogP) is 13.3. The lowest BCUT2D eigenvalue weighted by Gasteiger charge is -2.34. The summed E-state index contributed by atoms with van der Waals surface area (Å²) in [4.78, 5) is 0. The number of hydrogen-bond donors (Lipinski definition) is 0. The van der Waals surface area contributed by atoms with Crippen molar-refractivity contribution >= 4 is 104 Å². The number of benzene rings is 10. The second-order valence-corrected chi connectivity index (χ2v) is 21.7. The molecule has 0 fully saturated rings. The number of rotatable bonds is 7. The maximum atomic E-state index is 2.50. The molecule has 0 bridgehead atoms. The topological polar surface area (TPSA) is 9.86 Å². The van der Waals surface area contributed by atoms with Gasteiger partial charge in [0.25, 0.3) is 0 Å². The Morgan fingerprint density at radius 2 is 0.797 bits per heavy atom. The van der Waals surface area contributed by atoms with Crippen molar-refractivity contribution in [2.24, 2.45) is 0 Å². The lowest BCUT2D eigenvalue weighted by molar-refractivity contribution is 1.16. The molecule has 0 N–H and O–H groups in total. The standard InChI is InChI=1S/C60H40N2SSi/c1-4-19-44(20-5-1)64(45-21-6-2-7-22-45,46-23-8-3-9-24-46)47-25-16-18-42(39-47)62-54-30-13-10-26-49(54)50-37-35-43(40-57(50)62)61-55-31-14-11-28-53(55)60-48(29-17-32-56(60)61)41-34-36-52-51-27-12-15-33-58(51)63-59(52)38-41/h1-40H. The van der Waals surface area contributed by atoms with E-state index in [1.807, 2.05) is 11.3 Å². The fraction of sp³-hybridized carbons (Fsp3) is 0. The lowest BCUT2D eigenvalue weighted by atomic mass is 9.98. The molecule has 0 unspecified atom stereocenters. The fourth-order valence-electron chi connectivity index (χ4n) is 10.8. The van der Waals surface area contributed by atoms with Gasteiger partial charge in [0.2, 0.25) is 0 Å². The third-order valence-corrected chi connectivity index (χ3v) is 19.4. The summed E-state index contributed by atoms with van der Waals surface area (Å²) in [6.45, 7) is 0. The van der Waals surface area contributed by atoms with E-state index in [2.05, 4.69) is 252 Å². The van der Waals surface area contributed by atoms with Gasteiger partial charge >= 0.3 is 0 Å². The van der Waals surface area contributed by atoms with E-state index in [9.17, 15) is 0 Å². The summed E-state index contributed by atoms with van der Waals surface area (Å²) in [5.74, 6) is 0. The Kier molecular flexibility index (Phi) is 8.45. The van der Waals surface area contributed by atoms with Crippen LogP contribution in [0.5, 0.6) is 0 Å². The SMILES string of the molecule is c1ccc([Si](c2ccccc2)(c2ccccc2)c2cccc(-n3c4ccccc4c4ccc(-n5c6ccccc6c6c(-c7ccc8c(c7)sc7ccccc78)cccc65)cc43)c2)cc1. The van der Waals surface area contributed by atoms with E-state index in [1.165, 1.54) is 95.7 Å². The lowest BCUT2D eigenvalue weighted by Crippen LogP contribution is -2.74. The Bertz CT molecular complexity index is 3800. The van der Waals surface area contributed by atoms with Crippen molar-refractivity contribution in [2.75, 3.05) is 0 Å². The number of para-hydroxylation sites is 2. The molecule has 2 nitrogen and oxygen atoms in total. The molecule has 0 aliphatic carbocycles. The van der Waals surface area contributed by atoms with Crippen molar-refractivity contribution in [1.82, 2.24) is 9.13 Å². The van der Waals surface area contributed by atoms with Gasteiger partial charge in [0, 0.05) is 53.1 Å². The van der Waals surface area contributed by atoms with Crippen LogP contribution in [-0.4, -0.2) is 17.2 Å². The van der Waals surface area contributed by atoms with Crippen LogP contribution >= 0.6 is 11.3 Å². The van der Waals surface area contributed by atoms with Gasteiger partial charge in [0.05, 0.1) is 22.1 Å². The predicted molar refractivity (Wildman–Crippen MR) is 277 cm³/mol. The molecule has 0 aliphatic heterocycles.